The van der Waals surface area contributed by atoms with Gasteiger partial charge in [-0.3, -0.25) is 14.2 Å². The van der Waals surface area contributed by atoms with Crippen LogP contribution in [0.15, 0.2) is 70.6 Å². The van der Waals surface area contributed by atoms with Gasteiger partial charge in [0.2, 0.25) is 5.91 Å². The molecule has 4 aromatic rings. The zero-order chi connectivity index (χ0) is 27.2. The van der Waals surface area contributed by atoms with E-state index in [0.717, 1.165) is 17.0 Å². The van der Waals surface area contributed by atoms with E-state index in [1.807, 2.05) is 48.5 Å². The highest BCUT2D eigenvalue weighted by atomic mass is 32.2. The first-order chi connectivity index (χ1) is 18.3. The normalized spacial score (nSPS) is 11.0. The molecule has 0 unspecified atom stereocenters. The van der Waals surface area contributed by atoms with E-state index in [-0.39, 0.29) is 23.8 Å². The molecule has 0 aliphatic carbocycles. The summed E-state index contributed by atoms with van der Waals surface area (Å²) in [6.45, 7) is 4.52. The number of anilines is 1. The number of hydrogen-bond acceptors (Lipinski definition) is 7. The van der Waals surface area contributed by atoms with Gasteiger partial charge in [0.1, 0.15) is 5.75 Å². The molecule has 38 heavy (non-hydrogen) atoms. The second-order valence-corrected chi connectivity index (χ2v) is 9.91. The molecule has 0 aliphatic rings. The summed E-state index contributed by atoms with van der Waals surface area (Å²) in [6.07, 6.45) is 0. The van der Waals surface area contributed by atoms with Gasteiger partial charge in [0.05, 0.1) is 44.5 Å². The van der Waals surface area contributed by atoms with Gasteiger partial charge in [-0.2, -0.15) is 0 Å². The number of ether oxygens (including phenoxy) is 3. The van der Waals surface area contributed by atoms with Gasteiger partial charge in [-0.15, -0.1) is 0 Å². The fourth-order valence-corrected chi connectivity index (χ4v) is 4.77. The van der Waals surface area contributed by atoms with Crippen molar-refractivity contribution in [1.29, 1.82) is 0 Å². The van der Waals surface area contributed by atoms with Gasteiger partial charge in [0.25, 0.3) is 5.56 Å². The second kappa shape index (κ2) is 12.0. The molecule has 1 heterocycles. The Morgan fingerprint density at radius 3 is 2.21 bits per heavy atom. The second-order valence-electron chi connectivity index (χ2n) is 8.97. The smallest absolute Gasteiger partial charge is 0.262 e. The van der Waals surface area contributed by atoms with Crippen LogP contribution >= 0.6 is 11.8 Å². The summed E-state index contributed by atoms with van der Waals surface area (Å²) in [5, 5.41) is 3.74. The number of carbonyl (C=O) groups excluding carboxylic acids is 1. The highest BCUT2D eigenvalue weighted by molar-refractivity contribution is 7.99. The Labute approximate surface area is 225 Å². The molecule has 1 aromatic heterocycles. The van der Waals surface area contributed by atoms with Crippen LogP contribution in [0, 0.1) is 0 Å². The van der Waals surface area contributed by atoms with Crippen LogP contribution in [-0.4, -0.2) is 42.5 Å². The lowest BCUT2D eigenvalue weighted by Crippen LogP contribution is -2.25. The maximum Gasteiger partial charge on any atom is 0.262 e. The van der Waals surface area contributed by atoms with Gasteiger partial charge in [-0.05, 0) is 47.4 Å². The number of benzene rings is 3. The lowest BCUT2D eigenvalue weighted by Gasteiger charge is -2.15. The van der Waals surface area contributed by atoms with E-state index in [4.69, 9.17) is 19.2 Å². The summed E-state index contributed by atoms with van der Waals surface area (Å²) >= 11 is 1.20. The molecule has 1 N–H and O–H groups in total. The summed E-state index contributed by atoms with van der Waals surface area (Å²) in [6, 6.07) is 18.6. The molecule has 0 saturated heterocycles. The number of carbonyl (C=O) groups is 1. The molecule has 1 amide bonds. The predicted octanol–water partition coefficient (Wildman–Crippen LogP) is 5.32. The maximum absolute atomic E-state index is 13.7. The highest BCUT2D eigenvalue weighted by Crippen LogP contribution is 2.31. The minimum atomic E-state index is -0.237. The van der Waals surface area contributed by atoms with E-state index in [1.54, 1.807) is 23.8 Å². The Bertz CT molecular complexity index is 1480. The van der Waals surface area contributed by atoms with E-state index >= 15 is 0 Å². The average molecular weight is 534 g/mol. The number of thioether (sulfide) groups is 1. The molecule has 0 radical (unpaired) electrons. The lowest BCUT2D eigenvalue weighted by atomic mass is 10.0. The molecule has 4 rings (SSSR count). The van der Waals surface area contributed by atoms with Gasteiger partial charge in [-0.1, -0.05) is 49.9 Å². The quantitative estimate of drug-likeness (QED) is 0.218. The van der Waals surface area contributed by atoms with Crippen molar-refractivity contribution in [3.8, 4) is 17.2 Å². The summed E-state index contributed by atoms with van der Waals surface area (Å²) in [5.41, 5.74) is 3.04. The molecule has 8 nitrogen and oxygen atoms in total. The summed E-state index contributed by atoms with van der Waals surface area (Å²) in [4.78, 5) is 31.2. The van der Waals surface area contributed by atoms with Crippen molar-refractivity contribution < 1.29 is 19.0 Å². The average Bonchev–Trinajstić information content (AvgIpc) is 2.93. The minimum absolute atomic E-state index is 0.0831. The summed E-state index contributed by atoms with van der Waals surface area (Å²) in [5.74, 6) is 1.94. The number of hydrogen-bond donors (Lipinski definition) is 1. The molecular weight excluding hydrogens is 502 g/mol. The number of nitrogens with one attached hydrogen (secondary N) is 1. The van der Waals surface area contributed by atoms with Crippen molar-refractivity contribution >= 4 is 34.3 Å². The number of fused-ring (bicyclic) bond motifs is 1. The van der Waals surface area contributed by atoms with Gasteiger partial charge >= 0.3 is 0 Å². The van der Waals surface area contributed by atoms with Crippen molar-refractivity contribution in [1.82, 2.24) is 9.55 Å². The SMILES string of the molecule is COc1ccc(Cn2c(SCC(=O)Nc3ccc(C(C)C)cc3)nc3cc(OC)c(OC)cc3c2=O)cc1. The molecule has 0 bridgehead atoms. The Morgan fingerprint density at radius 1 is 0.947 bits per heavy atom. The molecule has 9 heteroatoms. The third-order valence-corrected chi connectivity index (χ3v) is 7.09. The number of methoxy groups -OCH3 is 3. The van der Waals surface area contributed by atoms with Crippen LogP contribution in [0.4, 0.5) is 5.69 Å². The third-order valence-electron chi connectivity index (χ3n) is 6.12. The van der Waals surface area contributed by atoms with Crippen molar-refractivity contribution in [3.05, 3.63) is 82.1 Å². The van der Waals surface area contributed by atoms with Gasteiger partial charge in [0, 0.05) is 11.8 Å². The largest absolute Gasteiger partial charge is 0.497 e. The van der Waals surface area contributed by atoms with Crippen molar-refractivity contribution in [3.63, 3.8) is 0 Å². The van der Waals surface area contributed by atoms with Crippen LogP contribution in [0.1, 0.15) is 30.9 Å². The minimum Gasteiger partial charge on any atom is -0.497 e. The number of aromatic nitrogens is 2. The standard InChI is InChI=1S/C29H31N3O5S/c1-18(2)20-8-10-21(11-9-20)30-27(33)17-38-29-31-24-15-26(37-5)25(36-4)14-23(24)28(34)32(29)16-19-6-12-22(35-3)13-7-19/h6-15,18H,16-17H2,1-5H3,(H,30,33). The van der Waals surface area contributed by atoms with E-state index in [9.17, 15) is 9.59 Å². The first kappa shape index (κ1) is 27.1. The topological polar surface area (TPSA) is 91.7 Å². The monoisotopic (exact) mass is 533 g/mol. The van der Waals surface area contributed by atoms with Crippen LogP contribution in [0.3, 0.4) is 0 Å². The fourth-order valence-electron chi connectivity index (χ4n) is 3.97. The Kier molecular flexibility index (Phi) is 8.58. The molecule has 0 aliphatic heterocycles. The van der Waals surface area contributed by atoms with E-state index in [0.29, 0.717) is 33.5 Å². The fraction of sp³-hybridized carbons (Fsp3) is 0.276. The molecule has 0 spiro atoms. The summed E-state index contributed by atoms with van der Waals surface area (Å²) < 4.78 is 17.6. The number of nitrogens with zero attached hydrogens (tertiary/aromatic N) is 2. The predicted molar refractivity (Wildman–Crippen MR) is 151 cm³/mol. The summed E-state index contributed by atoms with van der Waals surface area (Å²) in [7, 11) is 4.65. The first-order valence-electron chi connectivity index (χ1n) is 12.1. The molecule has 3 aromatic carbocycles. The van der Waals surface area contributed by atoms with Crippen molar-refractivity contribution in [2.45, 2.75) is 31.5 Å². The maximum atomic E-state index is 13.7. The number of amides is 1. The Hall–Kier alpha value is -3.98. The Balaban J connectivity index is 1.65. The molecule has 198 valence electrons. The van der Waals surface area contributed by atoms with Crippen LogP contribution < -0.4 is 25.1 Å². The van der Waals surface area contributed by atoms with E-state index < -0.39 is 0 Å². The van der Waals surface area contributed by atoms with E-state index in [2.05, 4.69) is 19.2 Å². The van der Waals surface area contributed by atoms with Gasteiger partial charge in [0.15, 0.2) is 16.7 Å². The van der Waals surface area contributed by atoms with Crippen LogP contribution in [0.5, 0.6) is 17.2 Å². The number of rotatable bonds is 10. The molecule has 0 fully saturated rings. The molecular formula is C29H31N3O5S. The molecule has 0 atom stereocenters. The van der Waals surface area contributed by atoms with Crippen molar-refractivity contribution in [2.75, 3.05) is 32.4 Å². The molecule has 0 saturated carbocycles. The highest BCUT2D eigenvalue weighted by Gasteiger charge is 2.17. The third kappa shape index (κ3) is 6.11. The van der Waals surface area contributed by atoms with Gasteiger partial charge < -0.3 is 19.5 Å². The van der Waals surface area contributed by atoms with Crippen LogP contribution in [-0.2, 0) is 11.3 Å². The van der Waals surface area contributed by atoms with Crippen molar-refractivity contribution in [2.24, 2.45) is 0 Å². The first-order valence-corrected chi connectivity index (χ1v) is 13.1. The Morgan fingerprint density at radius 2 is 1.61 bits per heavy atom. The lowest BCUT2D eigenvalue weighted by molar-refractivity contribution is -0.113. The zero-order valence-corrected chi connectivity index (χ0v) is 22.9. The van der Waals surface area contributed by atoms with Gasteiger partial charge in [-0.25, -0.2) is 4.98 Å². The van der Waals surface area contributed by atoms with Crippen LogP contribution in [0.25, 0.3) is 10.9 Å². The van der Waals surface area contributed by atoms with Crippen LogP contribution in [0.2, 0.25) is 0 Å². The zero-order valence-electron chi connectivity index (χ0n) is 22.1. The van der Waals surface area contributed by atoms with E-state index in [1.165, 1.54) is 31.5 Å².